The summed E-state index contributed by atoms with van der Waals surface area (Å²) in [6, 6.07) is 9.18. The molecule has 0 aliphatic carbocycles. The van der Waals surface area contributed by atoms with Crippen LogP contribution in [0, 0.1) is 6.92 Å². The zero-order chi connectivity index (χ0) is 12.1. The van der Waals surface area contributed by atoms with Crippen LogP contribution in [-0.2, 0) is 9.63 Å². The number of rotatable bonds is 4. The van der Waals surface area contributed by atoms with Gasteiger partial charge in [0.1, 0.15) is 6.10 Å². The predicted molar refractivity (Wildman–Crippen MR) is 60.3 cm³/mol. The van der Waals surface area contributed by atoms with Crippen LogP contribution < -0.4 is 0 Å². The van der Waals surface area contributed by atoms with Gasteiger partial charge in [-0.25, -0.2) is 5.06 Å². The lowest BCUT2D eigenvalue weighted by molar-refractivity contribution is -0.178. The van der Waals surface area contributed by atoms with Crippen molar-refractivity contribution in [3.05, 3.63) is 42.8 Å². The van der Waals surface area contributed by atoms with Crippen molar-refractivity contribution in [1.82, 2.24) is 5.06 Å². The lowest BCUT2D eigenvalue weighted by atomic mass is 9.95. The van der Waals surface area contributed by atoms with Crippen LogP contribution in [0.1, 0.15) is 11.5 Å². The third-order valence-electron chi connectivity index (χ3n) is 2.45. The van der Waals surface area contributed by atoms with Crippen molar-refractivity contribution in [2.24, 2.45) is 0 Å². The van der Waals surface area contributed by atoms with Gasteiger partial charge in [-0.1, -0.05) is 30.3 Å². The number of carbonyl (C=O) groups excluding carboxylic acids is 1. The summed E-state index contributed by atoms with van der Waals surface area (Å²) in [5.74, 6) is -1.02. The molecule has 0 saturated carbocycles. The molecule has 2 unspecified atom stereocenters. The predicted octanol–water partition coefficient (Wildman–Crippen LogP) is 0.985. The number of hydrogen-bond acceptors (Lipinski definition) is 3. The quantitative estimate of drug-likeness (QED) is 0.773. The van der Waals surface area contributed by atoms with Crippen LogP contribution >= 0.6 is 0 Å². The molecule has 0 bridgehead atoms. The highest BCUT2D eigenvalue weighted by Crippen LogP contribution is 2.19. The molecule has 0 spiro atoms. The van der Waals surface area contributed by atoms with Crippen LogP contribution in [0.2, 0.25) is 0 Å². The topological polar surface area (TPSA) is 49.8 Å². The minimum atomic E-state index is -1.20. The van der Waals surface area contributed by atoms with E-state index in [4.69, 9.17) is 4.84 Å². The van der Waals surface area contributed by atoms with E-state index in [-0.39, 0.29) is 0 Å². The number of hydroxylamine groups is 2. The van der Waals surface area contributed by atoms with Gasteiger partial charge in [0.05, 0.1) is 7.11 Å². The van der Waals surface area contributed by atoms with Gasteiger partial charge in [-0.05, 0) is 12.5 Å². The Labute approximate surface area is 95.4 Å². The normalized spacial score (nSPS) is 14.2. The minimum absolute atomic E-state index is 0.508. The number of benzene rings is 1. The first-order valence-electron chi connectivity index (χ1n) is 4.95. The molecule has 0 aliphatic heterocycles. The van der Waals surface area contributed by atoms with Crippen LogP contribution in [0.3, 0.4) is 0 Å². The van der Waals surface area contributed by atoms with Gasteiger partial charge < -0.3 is 5.11 Å². The average molecular weight is 222 g/mol. The van der Waals surface area contributed by atoms with E-state index in [1.54, 1.807) is 0 Å². The van der Waals surface area contributed by atoms with Gasteiger partial charge in [0.25, 0.3) is 5.91 Å². The third kappa shape index (κ3) is 2.81. The van der Waals surface area contributed by atoms with Gasteiger partial charge in [0.2, 0.25) is 0 Å². The lowest BCUT2D eigenvalue weighted by Gasteiger charge is -2.22. The first-order valence-corrected chi connectivity index (χ1v) is 4.95. The van der Waals surface area contributed by atoms with Crippen molar-refractivity contribution in [2.45, 2.75) is 12.0 Å². The van der Waals surface area contributed by atoms with E-state index in [2.05, 4.69) is 6.92 Å². The molecule has 1 aromatic rings. The molecule has 0 heterocycles. The molecule has 0 fully saturated rings. The van der Waals surface area contributed by atoms with Crippen LogP contribution in [0.5, 0.6) is 0 Å². The van der Waals surface area contributed by atoms with Gasteiger partial charge in [-0.3, -0.25) is 9.63 Å². The molecular weight excluding hydrogens is 206 g/mol. The summed E-state index contributed by atoms with van der Waals surface area (Å²) in [6.45, 7) is 3.79. The monoisotopic (exact) mass is 222 g/mol. The van der Waals surface area contributed by atoms with Gasteiger partial charge in [-0.15, -0.1) is 0 Å². The van der Waals surface area contributed by atoms with Crippen molar-refractivity contribution < 1.29 is 14.7 Å². The molecule has 87 valence electrons. The highest BCUT2D eigenvalue weighted by molar-refractivity contribution is 5.80. The molecule has 1 amide bonds. The number of nitrogens with zero attached hydrogens (tertiary/aromatic N) is 1. The fourth-order valence-corrected chi connectivity index (χ4v) is 1.33. The van der Waals surface area contributed by atoms with E-state index in [1.807, 2.05) is 30.3 Å². The second kappa shape index (κ2) is 5.63. The van der Waals surface area contributed by atoms with Crippen molar-refractivity contribution >= 4 is 5.91 Å². The van der Waals surface area contributed by atoms with Crippen molar-refractivity contribution in [1.29, 1.82) is 0 Å². The molecule has 2 atom stereocenters. The standard InChI is InChI=1S/C12H16NO3/c1-9(10-7-5-4-6-8-10)11(14)12(15)13(2)16-3/h4-9,11,14H,1H2,2-3H3. The van der Waals surface area contributed by atoms with Crippen molar-refractivity contribution in [3.8, 4) is 0 Å². The summed E-state index contributed by atoms with van der Waals surface area (Å²) in [4.78, 5) is 16.3. The second-order valence-electron chi connectivity index (χ2n) is 3.48. The fraction of sp³-hybridized carbons (Fsp3) is 0.333. The summed E-state index contributed by atoms with van der Waals surface area (Å²) >= 11 is 0. The van der Waals surface area contributed by atoms with Crippen molar-refractivity contribution in [3.63, 3.8) is 0 Å². The maximum Gasteiger partial charge on any atom is 0.275 e. The largest absolute Gasteiger partial charge is 0.383 e. The van der Waals surface area contributed by atoms with E-state index in [9.17, 15) is 9.90 Å². The molecule has 1 N–H and O–H groups in total. The molecular formula is C12H16NO3. The Hall–Kier alpha value is -1.39. The van der Waals surface area contributed by atoms with Crippen LogP contribution in [0.4, 0.5) is 0 Å². The summed E-state index contributed by atoms with van der Waals surface area (Å²) in [5.41, 5.74) is 0.813. The van der Waals surface area contributed by atoms with Crippen molar-refractivity contribution in [2.75, 3.05) is 14.2 Å². The highest BCUT2D eigenvalue weighted by atomic mass is 16.7. The Morgan fingerprint density at radius 1 is 1.44 bits per heavy atom. The first-order chi connectivity index (χ1) is 7.57. The minimum Gasteiger partial charge on any atom is -0.383 e. The maximum atomic E-state index is 11.6. The zero-order valence-corrected chi connectivity index (χ0v) is 9.46. The third-order valence-corrected chi connectivity index (χ3v) is 2.45. The first kappa shape index (κ1) is 12.7. The number of amides is 1. The average Bonchev–Trinajstić information content (AvgIpc) is 2.36. The SMILES string of the molecule is [CH2]C(c1ccccc1)C(O)C(=O)N(C)OC. The molecule has 0 saturated heterocycles. The van der Waals surface area contributed by atoms with Gasteiger partial charge >= 0.3 is 0 Å². The van der Waals surface area contributed by atoms with Gasteiger partial charge in [0, 0.05) is 13.0 Å². The summed E-state index contributed by atoms with van der Waals surface area (Å²) in [7, 11) is 2.81. The number of aliphatic hydroxyl groups is 1. The molecule has 0 aliphatic rings. The molecule has 4 heteroatoms. The van der Waals surface area contributed by atoms with E-state index in [0.29, 0.717) is 0 Å². The lowest BCUT2D eigenvalue weighted by Crippen LogP contribution is -2.38. The molecule has 1 aromatic carbocycles. The van der Waals surface area contributed by atoms with E-state index in [0.717, 1.165) is 10.6 Å². The van der Waals surface area contributed by atoms with Gasteiger partial charge in [0.15, 0.2) is 0 Å². The molecule has 1 radical (unpaired) electrons. The Kier molecular flexibility index (Phi) is 4.46. The van der Waals surface area contributed by atoms with Crippen LogP contribution in [-0.4, -0.2) is 36.3 Å². The zero-order valence-electron chi connectivity index (χ0n) is 9.46. The summed E-state index contributed by atoms with van der Waals surface area (Å²) in [6.07, 6.45) is -1.20. The smallest absolute Gasteiger partial charge is 0.275 e. The number of likely N-dealkylation sites (N-methyl/N-ethyl adjacent to an activating group) is 1. The Morgan fingerprint density at radius 2 is 2.00 bits per heavy atom. The van der Waals surface area contributed by atoms with Crippen LogP contribution in [0.25, 0.3) is 0 Å². The summed E-state index contributed by atoms with van der Waals surface area (Å²) < 4.78 is 0. The summed E-state index contributed by atoms with van der Waals surface area (Å²) in [5, 5.41) is 10.8. The molecule has 4 nitrogen and oxygen atoms in total. The molecule has 16 heavy (non-hydrogen) atoms. The molecule has 0 aromatic heterocycles. The number of aliphatic hydroxyl groups excluding tert-OH is 1. The fourth-order valence-electron chi connectivity index (χ4n) is 1.33. The number of hydrogen-bond donors (Lipinski definition) is 1. The van der Waals surface area contributed by atoms with E-state index >= 15 is 0 Å². The van der Waals surface area contributed by atoms with E-state index < -0.39 is 17.9 Å². The highest BCUT2D eigenvalue weighted by Gasteiger charge is 2.26. The second-order valence-corrected chi connectivity index (χ2v) is 3.48. The Balaban J connectivity index is 2.75. The Morgan fingerprint density at radius 3 is 2.50 bits per heavy atom. The van der Waals surface area contributed by atoms with Gasteiger partial charge in [-0.2, -0.15) is 0 Å². The maximum absolute atomic E-state index is 11.6. The van der Waals surface area contributed by atoms with E-state index in [1.165, 1.54) is 14.2 Å². The molecule has 1 rings (SSSR count). The van der Waals surface area contributed by atoms with Crippen LogP contribution in [0.15, 0.2) is 30.3 Å². The number of carbonyl (C=O) groups is 1. The Bertz CT molecular complexity index is 339.